The zero-order valence-electron chi connectivity index (χ0n) is 17.9. The van der Waals surface area contributed by atoms with Gasteiger partial charge in [-0.1, -0.05) is 19.0 Å². The summed E-state index contributed by atoms with van der Waals surface area (Å²) in [5, 5.41) is 23.2. The number of rotatable bonds is 10. The van der Waals surface area contributed by atoms with Crippen molar-refractivity contribution < 1.29 is 0 Å². The molecule has 0 aliphatic heterocycles. The maximum Gasteiger partial charge on any atom is 0.0999 e. The van der Waals surface area contributed by atoms with Gasteiger partial charge in [0, 0.05) is 35.8 Å². The van der Waals surface area contributed by atoms with E-state index in [0.717, 1.165) is 42.5 Å². The average Bonchev–Trinajstić information content (AvgIpc) is 3.42. The van der Waals surface area contributed by atoms with E-state index in [1.54, 1.807) is 10.7 Å². The van der Waals surface area contributed by atoms with Crippen molar-refractivity contribution in [1.82, 2.24) is 29.7 Å². The quantitative estimate of drug-likeness (QED) is 0.379. The monoisotopic (exact) mass is 420 g/mol. The van der Waals surface area contributed by atoms with Gasteiger partial charge < -0.3 is 10.7 Å². The molecule has 3 heterocycles. The van der Waals surface area contributed by atoms with Crippen molar-refractivity contribution in [3.63, 3.8) is 0 Å². The molecule has 3 aromatic rings. The maximum absolute atomic E-state index is 10.4. The largest absolute Gasteiger partial charge is 0.388 e. The summed E-state index contributed by atoms with van der Waals surface area (Å²) in [6, 6.07) is 2.59. The summed E-state index contributed by atoms with van der Waals surface area (Å²) < 4.78 is 3.80. The third kappa shape index (κ3) is 4.26. The van der Waals surface area contributed by atoms with E-state index in [-0.39, 0.29) is 0 Å². The molecule has 2 N–H and O–H groups in total. The number of hydrogen-bond donors (Lipinski definition) is 2. The Morgan fingerprint density at radius 2 is 2.13 bits per heavy atom. The highest BCUT2D eigenvalue weighted by Gasteiger charge is 2.28. The van der Waals surface area contributed by atoms with Gasteiger partial charge in [0.05, 0.1) is 48.1 Å². The molecule has 0 aromatic carbocycles. The number of nitrogens with zero attached hydrogens (tertiary/aromatic N) is 6. The number of fused-ring (bicyclic) bond motifs is 1. The Kier molecular flexibility index (Phi) is 6.20. The lowest BCUT2D eigenvalue weighted by molar-refractivity contribution is 0.247. The van der Waals surface area contributed by atoms with Crippen molar-refractivity contribution in [3.05, 3.63) is 47.7 Å². The molecule has 1 aliphatic carbocycles. The second kappa shape index (κ2) is 9.20. The van der Waals surface area contributed by atoms with Crippen LogP contribution in [-0.2, 0) is 0 Å². The van der Waals surface area contributed by atoms with Gasteiger partial charge in [-0.3, -0.25) is 4.68 Å². The summed E-state index contributed by atoms with van der Waals surface area (Å²) in [6.45, 7) is 4.71. The first-order valence-corrected chi connectivity index (χ1v) is 10.8. The van der Waals surface area contributed by atoms with Gasteiger partial charge in [0.2, 0.25) is 0 Å². The molecular formula is C22H28N8O. The van der Waals surface area contributed by atoms with Gasteiger partial charge in [-0.15, -0.1) is 0 Å². The van der Waals surface area contributed by atoms with Crippen LogP contribution in [0.2, 0.25) is 0 Å². The first kappa shape index (κ1) is 20.9. The third-order valence-corrected chi connectivity index (χ3v) is 6.08. The van der Waals surface area contributed by atoms with Crippen molar-refractivity contribution in [2.75, 3.05) is 6.54 Å². The van der Waals surface area contributed by atoms with Crippen LogP contribution in [0.5, 0.6) is 0 Å². The van der Waals surface area contributed by atoms with Crippen LogP contribution in [0, 0.1) is 16.2 Å². The predicted octanol–water partition coefficient (Wildman–Crippen LogP) is 4.08. The van der Waals surface area contributed by atoms with Gasteiger partial charge in [0.25, 0.3) is 0 Å². The van der Waals surface area contributed by atoms with E-state index < -0.39 is 0 Å². The Morgan fingerprint density at radius 3 is 2.84 bits per heavy atom. The fraction of sp³-hybridized carbons (Fsp3) is 0.455. The number of nitroso groups, excluding NO2 is 1. The second-order valence-electron chi connectivity index (χ2n) is 8.07. The molecule has 31 heavy (non-hydrogen) atoms. The van der Waals surface area contributed by atoms with E-state index in [2.05, 4.69) is 34.5 Å². The molecule has 9 nitrogen and oxygen atoms in total. The smallest absolute Gasteiger partial charge is 0.0999 e. The number of aromatic nitrogens is 5. The molecule has 9 heteroatoms. The molecule has 0 bridgehead atoms. The minimum absolute atomic E-state index is 0.299. The molecule has 1 saturated carbocycles. The summed E-state index contributed by atoms with van der Waals surface area (Å²) >= 11 is 0. The van der Waals surface area contributed by atoms with Crippen LogP contribution >= 0.6 is 0 Å². The molecular weight excluding hydrogens is 392 g/mol. The molecule has 0 amide bonds. The van der Waals surface area contributed by atoms with Crippen molar-refractivity contribution in [3.8, 4) is 11.3 Å². The molecule has 0 atom stereocenters. The molecule has 0 radical (unpaired) electrons. The minimum atomic E-state index is 0.299. The predicted molar refractivity (Wildman–Crippen MR) is 121 cm³/mol. The standard InChI is InChI=1S/C22H28N8O/c1-3-19(4-2)29-13-17(12-26-29)22-21-5-6-25-30(21)14-20(28-22)16(9-23)11-24-18-7-15(8-18)10-27-31/h5-6,9,11-15,18-19,23-24H,3-4,7-8,10H2,1-2H3/b16-11+,23-9?/t15-,18+. The van der Waals surface area contributed by atoms with E-state index in [9.17, 15) is 4.91 Å². The van der Waals surface area contributed by atoms with Crippen LogP contribution in [0.25, 0.3) is 22.3 Å². The van der Waals surface area contributed by atoms with E-state index in [1.165, 1.54) is 6.21 Å². The van der Waals surface area contributed by atoms with Crippen molar-refractivity contribution in [2.24, 2.45) is 11.1 Å². The van der Waals surface area contributed by atoms with Crippen molar-refractivity contribution >= 4 is 17.3 Å². The summed E-state index contributed by atoms with van der Waals surface area (Å²) in [5.74, 6) is 0.364. The normalized spacial score (nSPS) is 18.9. The molecule has 3 aromatic heterocycles. The Hall–Kier alpha value is -3.36. The molecule has 0 spiro atoms. The topological polar surface area (TPSA) is 113 Å². The lowest BCUT2D eigenvalue weighted by Gasteiger charge is -2.34. The molecule has 0 saturated heterocycles. The lowest BCUT2D eigenvalue weighted by atomic mass is 9.80. The van der Waals surface area contributed by atoms with E-state index in [1.807, 2.05) is 35.5 Å². The Bertz CT molecular complexity index is 1090. The summed E-state index contributed by atoms with van der Waals surface area (Å²) in [7, 11) is 0. The lowest BCUT2D eigenvalue weighted by Crippen LogP contribution is -2.39. The Labute approximate surface area is 181 Å². The number of allylic oxidation sites excluding steroid dienone is 1. The van der Waals surface area contributed by atoms with Crippen LogP contribution in [0.15, 0.2) is 42.2 Å². The van der Waals surface area contributed by atoms with Crippen LogP contribution in [0.4, 0.5) is 0 Å². The Balaban J connectivity index is 1.63. The molecule has 4 rings (SSSR count). The van der Waals surface area contributed by atoms with Crippen LogP contribution < -0.4 is 5.32 Å². The summed E-state index contributed by atoms with van der Waals surface area (Å²) in [6.07, 6.45) is 14.5. The fourth-order valence-corrected chi connectivity index (χ4v) is 4.12. The highest BCUT2D eigenvalue weighted by atomic mass is 16.3. The maximum atomic E-state index is 10.4. The Morgan fingerprint density at radius 1 is 1.32 bits per heavy atom. The highest BCUT2D eigenvalue weighted by molar-refractivity contribution is 6.07. The number of hydrogen-bond acceptors (Lipinski definition) is 7. The van der Waals surface area contributed by atoms with Gasteiger partial charge >= 0.3 is 0 Å². The first-order chi connectivity index (χ1) is 15.2. The van der Waals surface area contributed by atoms with Gasteiger partial charge in [0.1, 0.15) is 0 Å². The highest BCUT2D eigenvalue weighted by Crippen LogP contribution is 2.29. The van der Waals surface area contributed by atoms with E-state index in [4.69, 9.17) is 10.4 Å². The van der Waals surface area contributed by atoms with Gasteiger partial charge in [-0.2, -0.15) is 15.1 Å². The minimum Gasteiger partial charge on any atom is -0.388 e. The van der Waals surface area contributed by atoms with Crippen molar-refractivity contribution in [1.29, 1.82) is 5.41 Å². The molecule has 1 fully saturated rings. The van der Waals surface area contributed by atoms with E-state index >= 15 is 0 Å². The molecule has 1 aliphatic rings. The fourth-order valence-electron chi connectivity index (χ4n) is 4.12. The van der Waals surface area contributed by atoms with Gasteiger partial charge in [-0.05, 0) is 37.7 Å². The molecule has 0 unspecified atom stereocenters. The second-order valence-corrected chi connectivity index (χ2v) is 8.07. The third-order valence-electron chi connectivity index (χ3n) is 6.08. The average molecular weight is 421 g/mol. The van der Waals surface area contributed by atoms with E-state index in [0.29, 0.717) is 35.8 Å². The van der Waals surface area contributed by atoms with Crippen LogP contribution in [0.1, 0.15) is 51.3 Å². The SMILES string of the molecule is CCC(CC)n1cc(-c2nc(/C(C=N)=C/N[C@H]3C[C@@H](CN=O)C3)cn3nccc23)cn1. The zero-order valence-corrected chi connectivity index (χ0v) is 17.9. The van der Waals surface area contributed by atoms with Gasteiger partial charge in [0.15, 0.2) is 0 Å². The zero-order chi connectivity index (χ0) is 21.8. The molecule has 162 valence electrons. The van der Waals surface area contributed by atoms with Crippen LogP contribution in [-0.4, -0.2) is 43.2 Å². The number of nitrogens with one attached hydrogen (secondary N) is 2. The summed E-state index contributed by atoms with van der Waals surface area (Å²) in [4.78, 5) is 15.3. The van der Waals surface area contributed by atoms with Crippen molar-refractivity contribution in [2.45, 2.75) is 51.6 Å². The first-order valence-electron chi connectivity index (χ1n) is 10.8. The summed E-state index contributed by atoms with van der Waals surface area (Å²) in [5.41, 5.74) is 3.95. The van der Waals surface area contributed by atoms with Crippen LogP contribution in [0.3, 0.4) is 0 Å². The van der Waals surface area contributed by atoms with Gasteiger partial charge in [-0.25, -0.2) is 9.50 Å².